The van der Waals surface area contributed by atoms with Crippen LogP contribution in [0.1, 0.15) is 20.3 Å². The molecule has 0 aromatic rings. The third-order valence-electron chi connectivity index (χ3n) is 1.36. The van der Waals surface area contributed by atoms with E-state index in [1.165, 1.54) is 0 Å². The Labute approximate surface area is 113 Å². The molecule has 0 heterocycles. The van der Waals surface area contributed by atoms with Crippen molar-refractivity contribution in [3.8, 4) is 0 Å². The maximum absolute atomic E-state index is 10.5. The number of nitrogens with two attached hydrogens (primary N) is 2. The predicted octanol–water partition coefficient (Wildman–Crippen LogP) is 0.627. The van der Waals surface area contributed by atoms with Crippen LogP contribution in [-0.4, -0.2) is 51.8 Å². The molecule has 19 heavy (non-hydrogen) atoms. The monoisotopic (exact) mass is 280 g/mol. The average molecular weight is 280 g/mol. The second kappa shape index (κ2) is 16.5. The zero-order valence-electron chi connectivity index (χ0n) is 11.6. The molecule has 114 valence electrons. The molecule has 4 N–H and O–H groups in total. The van der Waals surface area contributed by atoms with Crippen LogP contribution >= 0.6 is 0 Å². The molecule has 0 unspecified atom stereocenters. The molecule has 8 heteroatoms. The molecule has 0 fully saturated rings. The zero-order valence-corrected chi connectivity index (χ0v) is 11.6. The molecule has 8 nitrogen and oxygen atoms in total. The van der Waals surface area contributed by atoms with Crippen molar-refractivity contribution in [3.05, 3.63) is 0 Å². The van der Waals surface area contributed by atoms with Crippen molar-refractivity contribution in [2.75, 3.05) is 39.5 Å². The van der Waals surface area contributed by atoms with E-state index in [9.17, 15) is 9.59 Å². The molecule has 0 spiro atoms. The zero-order chi connectivity index (χ0) is 14.9. The summed E-state index contributed by atoms with van der Waals surface area (Å²) < 4.78 is 18.0. The number of carbonyl (C=O) groups excluding carboxylic acids is 2. The fourth-order valence-electron chi connectivity index (χ4n) is 0.671. The highest BCUT2D eigenvalue weighted by Crippen LogP contribution is 1.86. The lowest BCUT2D eigenvalue weighted by Gasteiger charge is -2.02. The Kier molecular flexibility index (Phi) is 17.1. The van der Waals surface area contributed by atoms with Crippen molar-refractivity contribution in [2.24, 2.45) is 11.5 Å². The Morgan fingerprint density at radius 3 is 1.58 bits per heavy atom. The summed E-state index contributed by atoms with van der Waals surface area (Å²) in [4.78, 5) is 20.8. The van der Waals surface area contributed by atoms with E-state index in [0.717, 1.165) is 6.42 Å². The van der Waals surface area contributed by atoms with Crippen LogP contribution in [-0.2, 0) is 18.9 Å². The number of rotatable bonds is 7. The van der Waals surface area contributed by atoms with Crippen LogP contribution in [0.3, 0.4) is 0 Å². The van der Waals surface area contributed by atoms with Gasteiger partial charge in [0, 0.05) is 13.1 Å². The summed E-state index contributed by atoms with van der Waals surface area (Å²) in [5.74, 6) is 0. The number of ether oxygens (including phenoxy) is 4. The van der Waals surface area contributed by atoms with E-state index in [1.54, 1.807) is 6.92 Å². The quantitative estimate of drug-likeness (QED) is 0.651. The first-order chi connectivity index (χ1) is 9.12. The summed E-state index contributed by atoms with van der Waals surface area (Å²) in [5, 5.41) is 0. The highest BCUT2D eigenvalue weighted by molar-refractivity contribution is 5.60. The first-order valence-corrected chi connectivity index (χ1v) is 6.11. The Morgan fingerprint density at radius 2 is 1.21 bits per heavy atom. The van der Waals surface area contributed by atoms with E-state index in [2.05, 4.69) is 18.9 Å². The van der Waals surface area contributed by atoms with Crippen LogP contribution in [0, 0.1) is 0 Å². The van der Waals surface area contributed by atoms with Gasteiger partial charge in [0.2, 0.25) is 0 Å². The van der Waals surface area contributed by atoms with Gasteiger partial charge in [0.25, 0.3) is 0 Å². The smallest absolute Gasteiger partial charge is 0.435 e. The van der Waals surface area contributed by atoms with Gasteiger partial charge < -0.3 is 30.4 Å². The topological polar surface area (TPSA) is 123 Å². The van der Waals surface area contributed by atoms with E-state index < -0.39 is 12.3 Å². The highest BCUT2D eigenvalue weighted by atomic mass is 16.7. The molecule has 0 saturated carbocycles. The molecular weight excluding hydrogens is 256 g/mol. The van der Waals surface area contributed by atoms with Crippen molar-refractivity contribution in [2.45, 2.75) is 20.3 Å². The first kappa shape index (κ1) is 19.8. The summed E-state index contributed by atoms with van der Waals surface area (Å²) >= 11 is 0. The van der Waals surface area contributed by atoms with E-state index >= 15 is 0 Å². The average Bonchev–Trinajstić information content (AvgIpc) is 2.41. The predicted molar refractivity (Wildman–Crippen MR) is 68.7 cm³/mol. The van der Waals surface area contributed by atoms with Crippen molar-refractivity contribution in [1.29, 1.82) is 0 Å². The fraction of sp³-hybridized carbons (Fsp3) is 0.818. The summed E-state index contributed by atoms with van der Waals surface area (Å²) in [6.45, 7) is 5.48. The van der Waals surface area contributed by atoms with Gasteiger partial charge in [0.05, 0.1) is 13.2 Å². The van der Waals surface area contributed by atoms with Gasteiger partial charge in [0.1, 0.15) is 13.2 Å². The van der Waals surface area contributed by atoms with Crippen LogP contribution in [0.15, 0.2) is 0 Å². The van der Waals surface area contributed by atoms with E-state index in [0.29, 0.717) is 26.3 Å². The fourth-order valence-corrected chi connectivity index (χ4v) is 0.671. The normalized spacial score (nSPS) is 8.84. The maximum atomic E-state index is 10.5. The largest absolute Gasteiger partial charge is 0.508 e. The second-order valence-corrected chi connectivity index (χ2v) is 3.06. The van der Waals surface area contributed by atoms with Crippen LogP contribution < -0.4 is 11.5 Å². The first-order valence-electron chi connectivity index (χ1n) is 6.11. The molecule has 0 saturated heterocycles. The molecule has 0 aromatic heterocycles. The minimum absolute atomic E-state index is 0.221. The maximum Gasteiger partial charge on any atom is 0.508 e. The molecule has 0 aliphatic carbocycles. The lowest BCUT2D eigenvalue weighted by molar-refractivity contribution is 0.0573. The van der Waals surface area contributed by atoms with Gasteiger partial charge in [-0.25, -0.2) is 9.59 Å². The lowest BCUT2D eigenvalue weighted by Crippen LogP contribution is -2.14. The molecule has 0 amide bonds. The summed E-state index contributed by atoms with van der Waals surface area (Å²) in [6, 6.07) is 0. The minimum atomic E-state index is -0.650. The number of carbonyl (C=O) groups is 2. The Morgan fingerprint density at radius 1 is 0.789 bits per heavy atom. The summed E-state index contributed by atoms with van der Waals surface area (Å²) in [7, 11) is 0. The van der Waals surface area contributed by atoms with Crippen LogP contribution in [0.25, 0.3) is 0 Å². The second-order valence-electron chi connectivity index (χ2n) is 3.06. The van der Waals surface area contributed by atoms with Gasteiger partial charge in [-0.2, -0.15) is 0 Å². The van der Waals surface area contributed by atoms with Crippen molar-refractivity contribution in [1.82, 2.24) is 0 Å². The van der Waals surface area contributed by atoms with Gasteiger partial charge >= 0.3 is 12.3 Å². The van der Waals surface area contributed by atoms with Gasteiger partial charge in [-0.05, 0) is 13.3 Å². The third kappa shape index (κ3) is 19.0. The van der Waals surface area contributed by atoms with Crippen molar-refractivity contribution >= 4 is 12.3 Å². The van der Waals surface area contributed by atoms with E-state index in [-0.39, 0.29) is 13.2 Å². The molecule has 0 aliphatic rings. The molecule has 0 bridgehead atoms. The summed E-state index contributed by atoms with van der Waals surface area (Å²) in [6.07, 6.45) is -0.479. The van der Waals surface area contributed by atoms with Crippen LogP contribution in [0.2, 0.25) is 0 Å². The van der Waals surface area contributed by atoms with E-state index in [4.69, 9.17) is 11.5 Å². The van der Waals surface area contributed by atoms with Crippen LogP contribution in [0.4, 0.5) is 9.59 Å². The van der Waals surface area contributed by atoms with E-state index in [1.807, 2.05) is 6.92 Å². The van der Waals surface area contributed by atoms with Gasteiger partial charge in [-0.3, -0.25) is 0 Å². The molecule has 0 aliphatic heterocycles. The third-order valence-corrected chi connectivity index (χ3v) is 1.36. The standard InChI is InChI=1S/C6H13NO3.C5H11NO3/c1-2-4-9-6(8)10-5-3-7;1-2-8-5(7)9-4-3-6/h2-5,7H2,1H3;2-4,6H2,1H3. The number of hydrogen-bond donors (Lipinski definition) is 2. The van der Waals surface area contributed by atoms with Gasteiger partial charge in [0.15, 0.2) is 0 Å². The van der Waals surface area contributed by atoms with Crippen LogP contribution in [0.5, 0.6) is 0 Å². The lowest BCUT2D eigenvalue weighted by atomic mass is 10.5. The molecule has 0 rings (SSSR count). The summed E-state index contributed by atoms with van der Waals surface area (Å²) in [5.41, 5.74) is 10.1. The van der Waals surface area contributed by atoms with Crippen molar-refractivity contribution in [3.63, 3.8) is 0 Å². The minimum Gasteiger partial charge on any atom is -0.435 e. The van der Waals surface area contributed by atoms with Gasteiger partial charge in [-0.1, -0.05) is 6.92 Å². The highest BCUT2D eigenvalue weighted by Gasteiger charge is 1.99. The molecule has 0 atom stereocenters. The Hall–Kier alpha value is -1.54. The molecular formula is C11H24N2O6. The Balaban J connectivity index is 0. The Bertz CT molecular complexity index is 215. The molecule has 0 aromatic carbocycles. The van der Waals surface area contributed by atoms with Crippen molar-refractivity contribution < 1.29 is 28.5 Å². The SMILES string of the molecule is CCCOC(=O)OCCN.CCOC(=O)OCCN. The molecule has 0 radical (unpaired) electrons. The number of hydrogen-bond acceptors (Lipinski definition) is 8. The van der Waals surface area contributed by atoms with Gasteiger partial charge in [-0.15, -0.1) is 0 Å².